The second-order valence-electron chi connectivity index (χ2n) is 7.36. The van der Waals surface area contributed by atoms with E-state index in [1.165, 1.54) is 11.3 Å². The third-order valence-corrected chi connectivity index (χ3v) is 5.13. The van der Waals surface area contributed by atoms with Crippen LogP contribution in [0.2, 0.25) is 0 Å². The van der Waals surface area contributed by atoms with Crippen molar-refractivity contribution in [1.29, 1.82) is 0 Å². The largest absolute Gasteiger partial charge is 0.497 e. The molecule has 2 aromatic carbocycles. The van der Waals surface area contributed by atoms with E-state index in [0.29, 0.717) is 0 Å². The van der Waals surface area contributed by atoms with Gasteiger partial charge in [-0.2, -0.15) is 4.98 Å². The molecule has 6 heteroatoms. The number of ether oxygens (including phenoxy) is 1. The highest BCUT2D eigenvalue weighted by Crippen LogP contribution is 2.23. The molecule has 0 radical (unpaired) electrons. The van der Waals surface area contributed by atoms with Crippen LogP contribution >= 0.6 is 0 Å². The van der Waals surface area contributed by atoms with Crippen molar-refractivity contribution in [3.05, 3.63) is 65.9 Å². The fourth-order valence-electron chi connectivity index (χ4n) is 3.57. The third-order valence-electron chi connectivity index (χ3n) is 5.13. The van der Waals surface area contributed by atoms with Crippen molar-refractivity contribution in [1.82, 2.24) is 9.97 Å². The summed E-state index contributed by atoms with van der Waals surface area (Å²) < 4.78 is 5.22. The van der Waals surface area contributed by atoms with Crippen molar-refractivity contribution >= 4 is 23.1 Å². The summed E-state index contributed by atoms with van der Waals surface area (Å²) >= 11 is 0. The van der Waals surface area contributed by atoms with E-state index in [0.717, 1.165) is 55.1 Å². The Morgan fingerprint density at radius 3 is 2.28 bits per heavy atom. The molecule has 6 nitrogen and oxygen atoms in total. The number of methoxy groups -OCH3 is 1. The molecule has 0 amide bonds. The molecule has 0 bridgehead atoms. The van der Waals surface area contributed by atoms with Crippen molar-refractivity contribution in [2.45, 2.75) is 13.8 Å². The molecule has 4 rings (SSSR count). The van der Waals surface area contributed by atoms with Crippen LogP contribution in [0.4, 0.5) is 23.1 Å². The van der Waals surface area contributed by atoms with Crippen LogP contribution in [0, 0.1) is 13.8 Å². The molecule has 0 unspecified atom stereocenters. The van der Waals surface area contributed by atoms with Gasteiger partial charge in [-0.25, -0.2) is 4.98 Å². The average Bonchev–Trinajstić information content (AvgIpc) is 2.74. The SMILES string of the molecule is COc1ccc(Nc2cc(C)nc(N3CCN(c4cccc(C)c4)CC3)n2)cc1. The zero-order valence-corrected chi connectivity index (χ0v) is 17.2. The summed E-state index contributed by atoms with van der Waals surface area (Å²) in [6.07, 6.45) is 0. The van der Waals surface area contributed by atoms with Gasteiger partial charge in [0.1, 0.15) is 11.6 Å². The maximum atomic E-state index is 5.22. The minimum Gasteiger partial charge on any atom is -0.497 e. The number of anilines is 4. The summed E-state index contributed by atoms with van der Waals surface area (Å²) in [5.41, 5.74) is 4.50. The van der Waals surface area contributed by atoms with Crippen molar-refractivity contribution < 1.29 is 4.74 Å². The van der Waals surface area contributed by atoms with Gasteiger partial charge in [0.2, 0.25) is 5.95 Å². The lowest BCUT2D eigenvalue weighted by atomic mass is 10.2. The Morgan fingerprint density at radius 2 is 1.59 bits per heavy atom. The summed E-state index contributed by atoms with van der Waals surface area (Å²) in [6, 6.07) is 18.5. The molecule has 0 atom stereocenters. The van der Waals surface area contributed by atoms with Crippen molar-refractivity contribution in [2.24, 2.45) is 0 Å². The maximum Gasteiger partial charge on any atom is 0.227 e. The first-order valence-electron chi connectivity index (χ1n) is 9.94. The number of aryl methyl sites for hydroxylation is 2. The van der Waals surface area contributed by atoms with Crippen LogP contribution in [-0.2, 0) is 0 Å². The number of nitrogens with zero attached hydrogens (tertiary/aromatic N) is 4. The topological polar surface area (TPSA) is 53.5 Å². The van der Waals surface area contributed by atoms with E-state index in [1.54, 1.807) is 7.11 Å². The molecule has 29 heavy (non-hydrogen) atoms. The number of benzene rings is 2. The van der Waals surface area contributed by atoms with Gasteiger partial charge in [0.25, 0.3) is 0 Å². The predicted molar refractivity (Wildman–Crippen MR) is 119 cm³/mol. The van der Waals surface area contributed by atoms with Crippen molar-refractivity contribution in [3.63, 3.8) is 0 Å². The Hall–Kier alpha value is -3.28. The smallest absolute Gasteiger partial charge is 0.227 e. The standard InChI is InChI=1S/C23H27N5O/c1-17-5-4-6-20(15-17)27-11-13-28(14-12-27)23-24-18(2)16-22(26-23)25-19-7-9-21(29-3)10-8-19/h4-10,15-16H,11-14H2,1-3H3,(H,24,25,26). The lowest BCUT2D eigenvalue weighted by Crippen LogP contribution is -2.47. The van der Waals surface area contributed by atoms with Crippen LogP contribution < -0.4 is 19.9 Å². The van der Waals surface area contributed by atoms with E-state index in [-0.39, 0.29) is 0 Å². The molecule has 1 saturated heterocycles. The van der Waals surface area contributed by atoms with Gasteiger partial charge >= 0.3 is 0 Å². The van der Waals surface area contributed by atoms with E-state index in [4.69, 9.17) is 9.72 Å². The minimum absolute atomic E-state index is 0.782. The number of piperazine rings is 1. The molecular formula is C23H27N5O. The van der Waals surface area contributed by atoms with Crippen LogP contribution in [0.15, 0.2) is 54.6 Å². The molecule has 1 N–H and O–H groups in total. The number of aromatic nitrogens is 2. The van der Waals surface area contributed by atoms with Crippen LogP contribution in [0.5, 0.6) is 5.75 Å². The van der Waals surface area contributed by atoms with E-state index in [2.05, 4.69) is 51.3 Å². The van der Waals surface area contributed by atoms with Gasteiger partial charge in [-0.3, -0.25) is 0 Å². The highest BCUT2D eigenvalue weighted by atomic mass is 16.5. The molecule has 1 aromatic heterocycles. The van der Waals surface area contributed by atoms with E-state index in [1.807, 2.05) is 37.3 Å². The molecule has 1 fully saturated rings. The monoisotopic (exact) mass is 389 g/mol. The summed E-state index contributed by atoms with van der Waals surface area (Å²) in [6.45, 7) is 7.87. The van der Waals surface area contributed by atoms with E-state index in [9.17, 15) is 0 Å². The number of hydrogen-bond acceptors (Lipinski definition) is 6. The van der Waals surface area contributed by atoms with Crippen molar-refractivity contribution in [2.75, 3.05) is 48.4 Å². The summed E-state index contributed by atoms with van der Waals surface area (Å²) in [5.74, 6) is 2.42. The zero-order chi connectivity index (χ0) is 20.2. The molecule has 0 saturated carbocycles. The lowest BCUT2D eigenvalue weighted by molar-refractivity contribution is 0.415. The van der Waals surface area contributed by atoms with Gasteiger partial charge in [0, 0.05) is 49.3 Å². The van der Waals surface area contributed by atoms with Crippen LogP contribution in [0.25, 0.3) is 0 Å². The molecule has 150 valence electrons. The van der Waals surface area contributed by atoms with Gasteiger partial charge in [-0.05, 0) is 55.8 Å². The zero-order valence-electron chi connectivity index (χ0n) is 17.2. The second-order valence-corrected chi connectivity index (χ2v) is 7.36. The Labute approximate surface area is 172 Å². The summed E-state index contributed by atoms with van der Waals surface area (Å²) in [5, 5.41) is 3.37. The Kier molecular flexibility index (Phi) is 5.51. The molecule has 0 spiro atoms. The molecule has 2 heterocycles. The van der Waals surface area contributed by atoms with Gasteiger partial charge in [0.05, 0.1) is 7.11 Å². The van der Waals surface area contributed by atoms with Gasteiger partial charge < -0.3 is 19.9 Å². The Morgan fingerprint density at radius 1 is 0.862 bits per heavy atom. The normalized spacial score (nSPS) is 14.0. The molecule has 1 aliphatic rings. The average molecular weight is 390 g/mol. The van der Waals surface area contributed by atoms with Crippen LogP contribution in [-0.4, -0.2) is 43.3 Å². The minimum atomic E-state index is 0.782. The number of nitrogens with one attached hydrogen (secondary N) is 1. The quantitative estimate of drug-likeness (QED) is 0.707. The van der Waals surface area contributed by atoms with E-state index >= 15 is 0 Å². The first-order valence-corrected chi connectivity index (χ1v) is 9.94. The first kappa shape index (κ1) is 19.1. The maximum absolute atomic E-state index is 5.22. The van der Waals surface area contributed by atoms with Gasteiger partial charge in [0.15, 0.2) is 0 Å². The fraction of sp³-hybridized carbons (Fsp3) is 0.304. The second kappa shape index (κ2) is 8.39. The fourth-order valence-corrected chi connectivity index (χ4v) is 3.57. The van der Waals surface area contributed by atoms with Gasteiger partial charge in [-0.15, -0.1) is 0 Å². The highest BCUT2D eigenvalue weighted by Gasteiger charge is 2.20. The van der Waals surface area contributed by atoms with Gasteiger partial charge in [-0.1, -0.05) is 12.1 Å². The molecular weight excluding hydrogens is 362 g/mol. The van der Waals surface area contributed by atoms with Crippen molar-refractivity contribution in [3.8, 4) is 5.75 Å². The lowest BCUT2D eigenvalue weighted by Gasteiger charge is -2.36. The molecule has 0 aliphatic carbocycles. The Bertz CT molecular complexity index is 965. The summed E-state index contributed by atoms with van der Waals surface area (Å²) in [4.78, 5) is 14.1. The molecule has 3 aromatic rings. The number of rotatable bonds is 5. The Balaban J connectivity index is 1.45. The van der Waals surface area contributed by atoms with Crippen LogP contribution in [0.3, 0.4) is 0 Å². The number of hydrogen-bond donors (Lipinski definition) is 1. The predicted octanol–water partition coefficient (Wildman–Crippen LogP) is 4.17. The third kappa shape index (κ3) is 4.59. The first-order chi connectivity index (χ1) is 14.1. The highest BCUT2D eigenvalue weighted by molar-refractivity contribution is 5.59. The summed E-state index contributed by atoms with van der Waals surface area (Å²) in [7, 11) is 1.67. The van der Waals surface area contributed by atoms with E-state index < -0.39 is 0 Å². The van der Waals surface area contributed by atoms with Crippen LogP contribution in [0.1, 0.15) is 11.3 Å². The molecule has 1 aliphatic heterocycles.